The smallest absolute Gasteiger partial charge is 0.252 e. The van der Waals surface area contributed by atoms with Crippen LogP contribution >= 0.6 is 0 Å². The standard InChI is InChI=1S/C20H24N6O/c1-25-13-17(24-14-25)18(26-10-4-5-11-26)12-23-20(27)16-7-3-2-6-15(16)19-21-8-9-22-19/h2-3,6-9,13-14,18H,4-5,10-12H2,1H3,(H,21,22)(H,23,27). The molecule has 1 unspecified atom stereocenters. The molecule has 1 aliphatic heterocycles. The van der Waals surface area contributed by atoms with Crippen molar-refractivity contribution in [1.29, 1.82) is 0 Å². The Morgan fingerprint density at radius 3 is 2.78 bits per heavy atom. The van der Waals surface area contributed by atoms with Gasteiger partial charge < -0.3 is 14.9 Å². The number of H-pyrrole nitrogens is 1. The van der Waals surface area contributed by atoms with Crippen LogP contribution in [-0.4, -0.2) is 50.0 Å². The molecule has 1 atom stereocenters. The van der Waals surface area contributed by atoms with Gasteiger partial charge in [0.25, 0.3) is 5.91 Å². The van der Waals surface area contributed by atoms with Crippen molar-refractivity contribution >= 4 is 5.91 Å². The average molecular weight is 364 g/mol. The van der Waals surface area contributed by atoms with Crippen molar-refractivity contribution in [2.45, 2.75) is 18.9 Å². The molecule has 2 aromatic heterocycles. The number of rotatable bonds is 6. The number of aryl methyl sites for hydroxylation is 1. The van der Waals surface area contributed by atoms with Crippen LogP contribution in [0.4, 0.5) is 0 Å². The molecule has 2 N–H and O–H groups in total. The van der Waals surface area contributed by atoms with E-state index in [1.165, 1.54) is 12.8 Å². The van der Waals surface area contributed by atoms with Crippen molar-refractivity contribution in [1.82, 2.24) is 29.7 Å². The van der Waals surface area contributed by atoms with Gasteiger partial charge in [-0.15, -0.1) is 0 Å². The van der Waals surface area contributed by atoms with Gasteiger partial charge in [0.2, 0.25) is 0 Å². The van der Waals surface area contributed by atoms with Gasteiger partial charge in [-0.3, -0.25) is 9.69 Å². The highest BCUT2D eigenvalue weighted by Gasteiger charge is 2.26. The molecule has 0 aliphatic carbocycles. The van der Waals surface area contributed by atoms with Gasteiger partial charge in [0.05, 0.1) is 23.6 Å². The van der Waals surface area contributed by atoms with Crippen molar-refractivity contribution in [3.63, 3.8) is 0 Å². The van der Waals surface area contributed by atoms with E-state index in [-0.39, 0.29) is 11.9 Å². The number of hydrogen-bond donors (Lipinski definition) is 2. The zero-order chi connectivity index (χ0) is 18.6. The van der Waals surface area contributed by atoms with Crippen LogP contribution in [0, 0.1) is 0 Å². The van der Waals surface area contributed by atoms with Crippen LogP contribution in [0.5, 0.6) is 0 Å². The van der Waals surface area contributed by atoms with Crippen LogP contribution in [0.15, 0.2) is 49.2 Å². The maximum Gasteiger partial charge on any atom is 0.252 e. The second-order valence-corrected chi connectivity index (χ2v) is 6.92. The van der Waals surface area contributed by atoms with Crippen LogP contribution in [0.3, 0.4) is 0 Å². The number of amides is 1. The Balaban J connectivity index is 1.52. The molecular formula is C20H24N6O. The Kier molecular flexibility index (Phi) is 5.02. The topological polar surface area (TPSA) is 78.8 Å². The monoisotopic (exact) mass is 364 g/mol. The molecule has 1 amide bonds. The van der Waals surface area contributed by atoms with E-state index in [0.717, 1.165) is 24.3 Å². The van der Waals surface area contributed by atoms with E-state index in [2.05, 4.69) is 25.2 Å². The fourth-order valence-electron chi connectivity index (χ4n) is 3.66. The summed E-state index contributed by atoms with van der Waals surface area (Å²) >= 11 is 0. The first kappa shape index (κ1) is 17.5. The van der Waals surface area contributed by atoms with Crippen molar-refractivity contribution in [2.24, 2.45) is 7.05 Å². The molecule has 27 heavy (non-hydrogen) atoms. The van der Waals surface area contributed by atoms with Gasteiger partial charge in [-0.05, 0) is 32.0 Å². The number of aromatic amines is 1. The van der Waals surface area contributed by atoms with E-state index in [1.807, 2.05) is 48.4 Å². The van der Waals surface area contributed by atoms with E-state index in [1.54, 1.807) is 12.4 Å². The highest BCUT2D eigenvalue weighted by atomic mass is 16.1. The SMILES string of the molecule is Cn1cnc(C(CNC(=O)c2ccccc2-c2ncc[nH]2)N2CCCC2)c1. The molecule has 7 heteroatoms. The summed E-state index contributed by atoms with van der Waals surface area (Å²) in [4.78, 5) is 27.2. The second kappa shape index (κ2) is 7.75. The second-order valence-electron chi connectivity index (χ2n) is 6.92. The Morgan fingerprint density at radius 1 is 1.26 bits per heavy atom. The summed E-state index contributed by atoms with van der Waals surface area (Å²) in [6, 6.07) is 7.62. The molecule has 0 radical (unpaired) electrons. The molecule has 3 heterocycles. The van der Waals surface area contributed by atoms with Crippen molar-refractivity contribution in [3.8, 4) is 11.4 Å². The first-order valence-electron chi connectivity index (χ1n) is 9.31. The number of carbonyl (C=O) groups is 1. The zero-order valence-corrected chi connectivity index (χ0v) is 15.4. The first-order valence-corrected chi connectivity index (χ1v) is 9.31. The molecule has 0 bridgehead atoms. The summed E-state index contributed by atoms with van der Waals surface area (Å²) in [6.45, 7) is 2.61. The van der Waals surface area contributed by atoms with Crippen LogP contribution in [0.25, 0.3) is 11.4 Å². The van der Waals surface area contributed by atoms with Gasteiger partial charge in [-0.2, -0.15) is 0 Å². The van der Waals surface area contributed by atoms with E-state index in [9.17, 15) is 4.79 Å². The Hall–Kier alpha value is -2.93. The summed E-state index contributed by atoms with van der Waals surface area (Å²) in [5, 5.41) is 3.11. The third-order valence-corrected chi connectivity index (χ3v) is 5.03. The van der Waals surface area contributed by atoms with Gasteiger partial charge in [-0.25, -0.2) is 9.97 Å². The fourth-order valence-corrected chi connectivity index (χ4v) is 3.66. The minimum absolute atomic E-state index is 0.0911. The molecule has 0 spiro atoms. The van der Waals surface area contributed by atoms with E-state index >= 15 is 0 Å². The number of aromatic nitrogens is 4. The molecule has 7 nitrogen and oxygen atoms in total. The lowest BCUT2D eigenvalue weighted by atomic mass is 10.1. The minimum atomic E-state index is -0.0953. The van der Waals surface area contributed by atoms with Gasteiger partial charge in [-0.1, -0.05) is 18.2 Å². The predicted molar refractivity (Wildman–Crippen MR) is 103 cm³/mol. The van der Waals surface area contributed by atoms with Crippen LogP contribution in [-0.2, 0) is 7.05 Å². The highest BCUT2D eigenvalue weighted by Crippen LogP contribution is 2.24. The highest BCUT2D eigenvalue weighted by molar-refractivity contribution is 6.00. The Labute approximate surface area is 158 Å². The lowest BCUT2D eigenvalue weighted by Gasteiger charge is -2.26. The van der Waals surface area contributed by atoms with Crippen molar-refractivity contribution in [3.05, 3.63) is 60.4 Å². The Morgan fingerprint density at radius 2 is 2.07 bits per heavy atom. The predicted octanol–water partition coefficient (Wildman–Crippen LogP) is 2.38. The largest absolute Gasteiger partial charge is 0.350 e. The maximum atomic E-state index is 12.9. The first-order chi connectivity index (χ1) is 13.2. The molecule has 1 aliphatic rings. The molecule has 0 saturated carbocycles. The zero-order valence-electron chi connectivity index (χ0n) is 15.4. The normalized spacial score (nSPS) is 15.7. The van der Waals surface area contributed by atoms with E-state index in [4.69, 9.17) is 0 Å². The molecule has 1 aromatic carbocycles. The van der Waals surface area contributed by atoms with Crippen molar-refractivity contribution in [2.75, 3.05) is 19.6 Å². The number of hydrogen-bond acceptors (Lipinski definition) is 4. The number of imidazole rings is 2. The van der Waals surface area contributed by atoms with Crippen LogP contribution in [0.2, 0.25) is 0 Å². The lowest BCUT2D eigenvalue weighted by molar-refractivity contribution is 0.0938. The molecule has 3 aromatic rings. The van der Waals surface area contributed by atoms with Crippen molar-refractivity contribution < 1.29 is 4.79 Å². The summed E-state index contributed by atoms with van der Waals surface area (Å²) < 4.78 is 1.95. The van der Waals surface area contributed by atoms with Gasteiger partial charge in [0.1, 0.15) is 5.82 Å². The van der Waals surface area contributed by atoms with Gasteiger partial charge in [0, 0.05) is 37.7 Å². The summed E-state index contributed by atoms with van der Waals surface area (Å²) in [5.41, 5.74) is 2.42. The molecule has 1 saturated heterocycles. The van der Waals surface area contributed by atoms with Crippen LogP contribution < -0.4 is 5.32 Å². The summed E-state index contributed by atoms with van der Waals surface area (Å²) in [6.07, 6.45) is 9.68. The lowest BCUT2D eigenvalue weighted by Crippen LogP contribution is -2.37. The number of likely N-dealkylation sites (tertiary alicyclic amines) is 1. The third kappa shape index (κ3) is 3.78. The van der Waals surface area contributed by atoms with Gasteiger partial charge in [0.15, 0.2) is 0 Å². The molecule has 140 valence electrons. The van der Waals surface area contributed by atoms with E-state index < -0.39 is 0 Å². The fraction of sp³-hybridized carbons (Fsp3) is 0.350. The number of nitrogens with one attached hydrogen (secondary N) is 2. The molecule has 4 rings (SSSR count). The third-order valence-electron chi connectivity index (χ3n) is 5.03. The number of carbonyl (C=O) groups excluding carboxylic acids is 1. The average Bonchev–Trinajstić information content (AvgIpc) is 3.45. The molecule has 1 fully saturated rings. The maximum absolute atomic E-state index is 12.9. The number of nitrogens with zero attached hydrogens (tertiary/aromatic N) is 4. The number of benzene rings is 1. The summed E-state index contributed by atoms with van der Waals surface area (Å²) in [5.74, 6) is 0.601. The van der Waals surface area contributed by atoms with Gasteiger partial charge >= 0.3 is 0 Å². The Bertz CT molecular complexity index is 895. The quantitative estimate of drug-likeness (QED) is 0.704. The van der Waals surface area contributed by atoms with Crippen LogP contribution in [0.1, 0.15) is 34.9 Å². The molecular weight excluding hydrogens is 340 g/mol. The van der Waals surface area contributed by atoms with E-state index in [0.29, 0.717) is 17.9 Å². The minimum Gasteiger partial charge on any atom is -0.350 e. The summed E-state index contributed by atoms with van der Waals surface area (Å²) in [7, 11) is 1.97.